The third-order valence-electron chi connectivity index (χ3n) is 4.79. The van der Waals surface area contributed by atoms with E-state index < -0.39 is 0 Å². The second kappa shape index (κ2) is 9.16. The number of hydrogen-bond acceptors (Lipinski definition) is 6. The van der Waals surface area contributed by atoms with Gasteiger partial charge in [0.05, 0.1) is 19.5 Å². The Hall–Kier alpha value is -3.16. The number of piperazine rings is 1. The van der Waals surface area contributed by atoms with Crippen molar-refractivity contribution in [3.63, 3.8) is 0 Å². The smallest absolute Gasteiger partial charge is 0.271 e. The molecule has 148 valence electrons. The number of carbonyl (C=O) groups excluding carboxylic acids is 2. The van der Waals surface area contributed by atoms with E-state index in [0.717, 1.165) is 11.3 Å². The van der Waals surface area contributed by atoms with Crippen LogP contribution in [0.2, 0.25) is 0 Å². The first kappa shape index (κ1) is 19.6. The molecule has 8 nitrogen and oxygen atoms in total. The van der Waals surface area contributed by atoms with Gasteiger partial charge in [-0.25, -0.2) is 9.97 Å². The zero-order valence-corrected chi connectivity index (χ0v) is 16.2. The predicted octanol–water partition coefficient (Wildman–Crippen LogP) is 1.13. The molecular weight excluding hydrogens is 358 g/mol. The summed E-state index contributed by atoms with van der Waals surface area (Å²) in [5, 5.41) is 2.86. The minimum absolute atomic E-state index is 0.0888. The Labute approximate surface area is 164 Å². The molecule has 0 radical (unpaired) electrons. The van der Waals surface area contributed by atoms with Crippen LogP contribution in [0.15, 0.2) is 36.7 Å². The number of ether oxygens (including phenoxy) is 1. The molecular formula is C20H25N5O3. The van der Waals surface area contributed by atoms with Crippen molar-refractivity contribution in [1.82, 2.24) is 20.2 Å². The number of methoxy groups -OCH3 is 1. The monoisotopic (exact) mass is 383 g/mol. The van der Waals surface area contributed by atoms with Crippen LogP contribution in [0.25, 0.3) is 0 Å². The average molecular weight is 383 g/mol. The summed E-state index contributed by atoms with van der Waals surface area (Å²) >= 11 is 0. The Kier molecular flexibility index (Phi) is 6.41. The molecule has 8 heteroatoms. The number of nitrogens with zero attached hydrogens (tertiary/aromatic N) is 4. The van der Waals surface area contributed by atoms with Crippen molar-refractivity contribution in [1.29, 1.82) is 0 Å². The summed E-state index contributed by atoms with van der Waals surface area (Å²) in [5.41, 5.74) is 1.32. The van der Waals surface area contributed by atoms with E-state index in [1.807, 2.05) is 29.2 Å². The first-order chi connectivity index (χ1) is 13.6. The van der Waals surface area contributed by atoms with Crippen LogP contribution in [0.3, 0.4) is 0 Å². The first-order valence-corrected chi connectivity index (χ1v) is 9.31. The molecule has 0 bridgehead atoms. The Bertz CT molecular complexity index is 817. The van der Waals surface area contributed by atoms with Crippen molar-refractivity contribution < 1.29 is 14.3 Å². The zero-order valence-electron chi connectivity index (χ0n) is 16.2. The highest BCUT2D eigenvalue weighted by Crippen LogP contribution is 2.17. The van der Waals surface area contributed by atoms with Gasteiger partial charge in [0.1, 0.15) is 17.3 Å². The van der Waals surface area contributed by atoms with E-state index in [-0.39, 0.29) is 17.5 Å². The topological polar surface area (TPSA) is 87.7 Å². The van der Waals surface area contributed by atoms with E-state index in [2.05, 4.69) is 20.2 Å². The number of aromatic nitrogens is 2. The summed E-state index contributed by atoms with van der Waals surface area (Å²) in [6, 6.07) is 7.74. The van der Waals surface area contributed by atoms with Crippen LogP contribution in [0.5, 0.6) is 5.75 Å². The summed E-state index contributed by atoms with van der Waals surface area (Å²) in [4.78, 5) is 36.2. The van der Waals surface area contributed by atoms with Gasteiger partial charge in [-0.1, -0.05) is 18.2 Å². The third-order valence-corrected chi connectivity index (χ3v) is 4.79. The maximum Gasteiger partial charge on any atom is 0.271 e. The molecule has 1 aromatic heterocycles. The summed E-state index contributed by atoms with van der Waals surface area (Å²) in [7, 11) is 1.63. The van der Waals surface area contributed by atoms with Gasteiger partial charge in [0, 0.05) is 39.6 Å². The second-order valence-corrected chi connectivity index (χ2v) is 6.57. The van der Waals surface area contributed by atoms with E-state index in [9.17, 15) is 9.59 Å². The number of hydrogen-bond donors (Lipinski definition) is 1. The highest BCUT2D eigenvalue weighted by atomic mass is 16.5. The van der Waals surface area contributed by atoms with E-state index in [1.54, 1.807) is 20.2 Å². The first-order valence-electron chi connectivity index (χ1n) is 9.31. The molecule has 1 aliphatic rings. The van der Waals surface area contributed by atoms with Gasteiger partial charge in [-0.3, -0.25) is 9.59 Å². The maximum atomic E-state index is 12.3. The van der Waals surface area contributed by atoms with E-state index in [4.69, 9.17) is 4.74 Å². The third kappa shape index (κ3) is 4.76. The highest BCUT2D eigenvalue weighted by molar-refractivity contribution is 5.92. The predicted molar refractivity (Wildman–Crippen MR) is 106 cm³/mol. The van der Waals surface area contributed by atoms with E-state index >= 15 is 0 Å². The van der Waals surface area contributed by atoms with Crippen LogP contribution in [-0.2, 0) is 11.2 Å². The summed E-state index contributed by atoms with van der Waals surface area (Å²) in [5.74, 6) is 1.36. The van der Waals surface area contributed by atoms with Gasteiger partial charge in [0.25, 0.3) is 5.91 Å². The molecule has 1 aromatic carbocycles. The Morgan fingerprint density at radius 3 is 2.50 bits per heavy atom. The van der Waals surface area contributed by atoms with E-state index in [1.165, 1.54) is 6.20 Å². The standard InChI is InChI=1S/C20H25N5O3/c1-15(26)24-9-11-25(12-10-24)19-14-22-17(13-23-19)20(27)21-8-7-16-5-3-4-6-18(16)28-2/h3-6,13-14H,7-12H2,1-2H3,(H,21,27). The molecule has 2 aromatic rings. The molecule has 1 aliphatic heterocycles. The number of amides is 2. The van der Waals surface area contributed by atoms with Crippen LogP contribution in [0.1, 0.15) is 23.0 Å². The molecule has 3 rings (SSSR count). The van der Waals surface area contributed by atoms with Crippen molar-refractivity contribution >= 4 is 17.6 Å². The number of nitrogens with one attached hydrogen (secondary N) is 1. The summed E-state index contributed by atoms with van der Waals surface area (Å²) < 4.78 is 5.32. The fourth-order valence-corrected chi connectivity index (χ4v) is 3.16. The molecule has 2 amide bonds. The minimum Gasteiger partial charge on any atom is -0.496 e. The van der Waals surface area contributed by atoms with Gasteiger partial charge in [-0.05, 0) is 18.1 Å². The molecule has 1 N–H and O–H groups in total. The Balaban J connectivity index is 1.50. The van der Waals surface area contributed by atoms with Crippen molar-refractivity contribution in [2.45, 2.75) is 13.3 Å². The van der Waals surface area contributed by atoms with Gasteiger partial charge < -0.3 is 19.9 Å². The van der Waals surface area contributed by atoms with Crippen LogP contribution in [0.4, 0.5) is 5.82 Å². The number of rotatable bonds is 6. The molecule has 1 saturated heterocycles. The molecule has 0 aliphatic carbocycles. The van der Waals surface area contributed by atoms with Gasteiger partial charge in [-0.2, -0.15) is 0 Å². The SMILES string of the molecule is COc1ccccc1CCNC(=O)c1cnc(N2CCN(C(C)=O)CC2)cn1. The summed E-state index contributed by atoms with van der Waals surface area (Å²) in [6.45, 7) is 4.81. The summed E-state index contributed by atoms with van der Waals surface area (Å²) in [6.07, 6.45) is 3.77. The van der Waals surface area contributed by atoms with Crippen molar-refractivity contribution in [2.75, 3.05) is 44.7 Å². The average Bonchev–Trinajstić information content (AvgIpc) is 2.74. The maximum absolute atomic E-state index is 12.3. The Morgan fingerprint density at radius 1 is 1.11 bits per heavy atom. The zero-order chi connectivity index (χ0) is 19.9. The van der Waals surface area contributed by atoms with Gasteiger partial charge >= 0.3 is 0 Å². The fourth-order valence-electron chi connectivity index (χ4n) is 3.16. The molecule has 28 heavy (non-hydrogen) atoms. The highest BCUT2D eigenvalue weighted by Gasteiger charge is 2.20. The number of benzene rings is 1. The number of para-hydroxylation sites is 1. The lowest BCUT2D eigenvalue weighted by atomic mass is 10.1. The fraction of sp³-hybridized carbons (Fsp3) is 0.400. The van der Waals surface area contributed by atoms with Crippen molar-refractivity contribution in [3.05, 3.63) is 47.9 Å². The molecule has 2 heterocycles. The quantitative estimate of drug-likeness (QED) is 0.805. The molecule has 0 unspecified atom stereocenters. The number of carbonyl (C=O) groups is 2. The van der Waals surface area contributed by atoms with Crippen LogP contribution in [0, 0.1) is 0 Å². The van der Waals surface area contributed by atoms with Crippen molar-refractivity contribution in [3.8, 4) is 5.75 Å². The molecule has 0 saturated carbocycles. The molecule has 0 spiro atoms. The van der Waals surface area contributed by atoms with Crippen molar-refractivity contribution in [2.24, 2.45) is 0 Å². The Morgan fingerprint density at radius 2 is 1.86 bits per heavy atom. The lowest BCUT2D eigenvalue weighted by molar-refractivity contribution is -0.129. The van der Waals surface area contributed by atoms with Gasteiger partial charge in [0.2, 0.25) is 5.91 Å². The lowest BCUT2D eigenvalue weighted by Gasteiger charge is -2.34. The van der Waals surface area contributed by atoms with Gasteiger partial charge in [0.15, 0.2) is 0 Å². The molecule has 1 fully saturated rings. The van der Waals surface area contributed by atoms with Crippen LogP contribution < -0.4 is 15.0 Å². The van der Waals surface area contributed by atoms with Gasteiger partial charge in [-0.15, -0.1) is 0 Å². The number of anilines is 1. The lowest BCUT2D eigenvalue weighted by Crippen LogP contribution is -2.48. The largest absolute Gasteiger partial charge is 0.496 e. The van der Waals surface area contributed by atoms with Crippen LogP contribution in [-0.4, -0.2) is 66.5 Å². The molecule has 0 atom stereocenters. The second-order valence-electron chi connectivity index (χ2n) is 6.57. The minimum atomic E-state index is -0.254. The van der Waals surface area contributed by atoms with Crippen LogP contribution >= 0.6 is 0 Å². The normalized spacial score (nSPS) is 13.9. The van der Waals surface area contributed by atoms with E-state index in [0.29, 0.717) is 45.0 Å².